The van der Waals surface area contributed by atoms with Gasteiger partial charge < -0.3 is 4.74 Å². The van der Waals surface area contributed by atoms with Gasteiger partial charge in [-0.15, -0.1) is 0 Å². The maximum atomic E-state index is 12.5. The summed E-state index contributed by atoms with van der Waals surface area (Å²) in [4.78, 5) is 22.1. The van der Waals surface area contributed by atoms with Gasteiger partial charge in [-0.1, -0.05) is 23.8 Å². The number of ether oxygens (including phenoxy) is 1. The molecule has 0 fully saturated rings. The van der Waals surface area contributed by atoms with Gasteiger partial charge in [0.25, 0.3) is 15.7 Å². The lowest BCUT2D eigenvalue weighted by Crippen LogP contribution is -2.17. The smallest absolute Gasteiger partial charge is 0.340 e. The normalized spacial score (nSPS) is 10.9. The SMILES string of the molecule is COC(=O)c1cccc([N+](=O)[O-])c1NS(=O)(=O)c1ccc(C)cc1. The highest BCUT2D eigenvalue weighted by atomic mass is 32.2. The van der Waals surface area contributed by atoms with Gasteiger partial charge in [0.1, 0.15) is 5.69 Å². The first-order chi connectivity index (χ1) is 11.3. The number of nitro groups is 1. The summed E-state index contributed by atoms with van der Waals surface area (Å²) < 4.78 is 31.6. The molecule has 0 amide bonds. The second-order valence-corrected chi connectivity index (χ2v) is 6.55. The first-order valence-corrected chi connectivity index (χ1v) is 8.20. The minimum atomic E-state index is -4.11. The van der Waals surface area contributed by atoms with Gasteiger partial charge in [0, 0.05) is 6.07 Å². The fraction of sp³-hybridized carbons (Fsp3) is 0.133. The molecular formula is C15H14N2O6S. The zero-order chi connectivity index (χ0) is 17.9. The number of hydrogen-bond donors (Lipinski definition) is 1. The fourth-order valence-corrected chi connectivity index (χ4v) is 3.09. The molecular weight excluding hydrogens is 336 g/mol. The summed E-state index contributed by atoms with van der Waals surface area (Å²) in [7, 11) is -3.02. The van der Waals surface area contributed by atoms with Crippen molar-refractivity contribution in [2.75, 3.05) is 11.8 Å². The lowest BCUT2D eigenvalue weighted by molar-refractivity contribution is -0.383. The minimum Gasteiger partial charge on any atom is -0.465 e. The lowest BCUT2D eigenvalue weighted by Gasteiger charge is -2.12. The number of anilines is 1. The van der Waals surface area contributed by atoms with E-state index < -0.39 is 32.3 Å². The van der Waals surface area contributed by atoms with Crippen LogP contribution in [0.1, 0.15) is 15.9 Å². The van der Waals surface area contributed by atoms with Crippen LogP contribution in [0.4, 0.5) is 11.4 Å². The van der Waals surface area contributed by atoms with Crippen LogP contribution in [0.15, 0.2) is 47.4 Å². The van der Waals surface area contributed by atoms with Gasteiger partial charge in [0.15, 0.2) is 0 Å². The monoisotopic (exact) mass is 350 g/mol. The Balaban J connectivity index is 2.57. The molecule has 0 unspecified atom stereocenters. The molecule has 0 bridgehead atoms. The number of nitro benzene ring substituents is 1. The third kappa shape index (κ3) is 3.51. The summed E-state index contributed by atoms with van der Waals surface area (Å²) in [6.07, 6.45) is 0. The van der Waals surface area contributed by atoms with Crippen LogP contribution in [0.3, 0.4) is 0 Å². The molecule has 0 saturated heterocycles. The van der Waals surface area contributed by atoms with Crippen LogP contribution >= 0.6 is 0 Å². The van der Waals surface area contributed by atoms with Crippen LogP contribution in [-0.4, -0.2) is 26.4 Å². The highest BCUT2D eigenvalue weighted by Crippen LogP contribution is 2.31. The van der Waals surface area contributed by atoms with Crippen LogP contribution in [0, 0.1) is 17.0 Å². The van der Waals surface area contributed by atoms with Gasteiger partial charge >= 0.3 is 5.97 Å². The highest BCUT2D eigenvalue weighted by molar-refractivity contribution is 7.92. The van der Waals surface area contributed by atoms with Crippen molar-refractivity contribution in [2.24, 2.45) is 0 Å². The summed E-state index contributed by atoms with van der Waals surface area (Å²) in [5.41, 5.74) is -0.374. The van der Waals surface area contributed by atoms with Gasteiger partial charge in [0.2, 0.25) is 0 Å². The predicted molar refractivity (Wildman–Crippen MR) is 86.4 cm³/mol. The summed E-state index contributed by atoms with van der Waals surface area (Å²) in [5, 5.41) is 11.2. The van der Waals surface area contributed by atoms with Gasteiger partial charge in [-0.25, -0.2) is 13.2 Å². The second-order valence-electron chi connectivity index (χ2n) is 4.87. The van der Waals surface area contributed by atoms with Crippen molar-refractivity contribution in [1.29, 1.82) is 0 Å². The molecule has 0 radical (unpaired) electrons. The predicted octanol–water partition coefficient (Wildman–Crippen LogP) is 2.49. The Labute approximate surface area is 138 Å². The largest absolute Gasteiger partial charge is 0.465 e. The number of nitrogens with zero attached hydrogens (tertiary/aromatic N) is 1. The van der Waals surface area contributed by atoms with Gasteiger partial charge in [-0.05, 0) is 25.1 Å². The van der Waals surface area contributed by atoms with Crippen molar-refractivity contribution < 1.29 is 22.9 Å². The quantitative estimate of drug-likeness (QED) is 0.503. The van der Waals surface area contributed by atoms with E-state index in [0.717, 1.165) is 18.7 Å². The molecule has 0 aliphatic rings. The zero-order valence-electron chi connectivity index (χ0n) is 12.8. The molecule has 8 nitrogen and oxygen atoms in total. The van der Waals surface area contributed by atoms with Gasteiger partial charge in [-0.3, -0.25) is 14.8 Å². The molecule has 0 aromatic heterocycles. The number of rotatable bonds is 5. The number of nitrogens with one attached hydrogen (secondary N) is 1. The van der Waals surface area contributed by atoms with E-state index >= 15 is 0 Å². The van der Waals surface area contributed by atoms with E-state index in [1.807, 2.05) is 0 Å². The van der Waals surface area contributed by atoms with Crippen molar-refractivity contribution in [3.8, 4) is 0 Å². The Bertz CT molecular complexity index is 891. The molecule has 0 aliphatic carbocycles. The summed E-state index contributed by atoms with van der Waals surface area (Å²) >= 11 is 0. The molecule has 2 rings (SSSR count). The van der Waals surface area contributed by atoms with Crippen LogP contribution in [-0.2, 0) is 14.8 Å². The minimum absolute atomic E-state index is 0.0814. The van der Waals surface area contributed by atoms with Crippen molar-refractivity contribution in [3.63, 3.8) is 0 Å². The summed E-state index contributed by atoms with van der Waals surface area (Å²) in [6.45, 7) is 1.79. The Morgan fingerprint density at radius 1 is 1.17 bits per heavy atom. The number of sulfonamides is 1. The number of carbonyl (C=O) groups is 1. The molecule has 0 aliphatic heterocycles. The molecule has 126 valence electrons. The van der Waals surface area contributed by atoms with Gasteiger partial charge in [0.05, 0.1) is 22.5 Å². The lowest BCUT2D eigenvalue weighted by atomic mass is 10.1. The van der Waals surface area contributed by atoms with Crippen molar-refractivity contribution in [1.82, 2.24) is 0 Å². The van der Waals surface area contributed by atoms with E-state index in [1.54, 1.807) is 19.1 Å². The Hall–Kier alpha value is -2.94. The number of methoxy groups -OCH3 is 1. The van der Waals surface area contributed by atoms with Gasteiger partial charge in [-0.2, -0.15) is 0 Å². The van der Waals surface area contributed by atoms with E-state index in [9.17, 15) is 23.3 Å². The summed E-state index contributed by atoms with van der Waals surface area (Å²) in [5.74, 6) is -0.889. The molecule has 0 heterocycles. The topological polar surface area (TPSA) is 116 Å². The molecule has 9 heteroatoms. The molecule has 0 atom stereocenters. The number of carbonyl (C=O) groups excluding carboxylic acids is 1. The molecule has 2 aromatic rings. The fourth-order valence-electron chi connectivity index (χ4n) is 1.99. The number of hydrogen-bond acceptors (Lipinski definition) is 6. The van der Waals surface area contributed by atoms with Crippen molar-refractivity contribution >= 4 is 27.4 Å². The first kappa shape index (κ1) is 17.4. The number of benzene rings is 2. The third-order valence-corrected chi connectivity index (χ3v) is 4.58. The van der Waals surface area contributed by atoms with Crippen LogP contribution < -0.4 is 4.72 Å². The van der Waals surface area contributed by atoms with Crippen molar-refractivity contribution in [3.05, 3.63) is 63.7 Å². The molecule has 0 spiro atoms. The maximum Gasteiger partial charge on any atom is 0.340 e. The second kappa shape index (κ2) is 6.67. The van der Waals surface area contributed by atoms with E-state index in [4.69, 9.17) is 0 Å². The maximum absolute atomic E-state index is 12.5. The molecule has 1 N–H and O–H groups in total. The Kier molecular flexibility index (Phi) is 4.84. The summed E-state index contributed by atoms with van der Waals surface area (Å²) in [6, 6.07) is 9.53. The zero-order valence-corrected chi connectivity index (χ0v) is 13.7. The Morgan fingerprint density at radius 3 is 2.33 bits per heavy atom. The number of esters is 1. The molecule has 2 aromatic carbocycles. The van der Waals surface area contributed by atoms with Crippen LogP contribution in [0.5, 0.6) is 0 Å². The number of para-hydroxylation sites is 1. The van der Waals surface area contributed by atoms with E-state index in [1.165, 1.54) is 24.3 Å². The Morgan fingerprint density at radius 2 is 1.79 bits per heavy atom. The van der Waals surface area contributed by atoms with Crippen LogP contribution in [0.2, 0.25) is 0 Å². The number of aryl methyl sites for hydroxylation is 1. The standard InChI is InChI=1S/C15H14N2O6S/c1-10-6-8-11(9-7-10)24(21,22)16-14-12(15(18)23-2)4-3-5-13(14)17(19)20/h3-9,16H,1-2H3. The third-order valence-electron chi connectivity index (χ3n) is 3.21. The molecule has 24 heavy (non-hydrogen) atoms. The molecule has 0 saturated carbocycles. The van der Waals surface area contributed by atoms with E-state index in [0.29, 0.717) is 0 Å². The van der Waals surface area contributed by atoms with E-state index in [2.05, 4.69) is 9.46 Å². The van der Waals surface area contributed by atoms with Crippen molar-refractivity contribution in [2.45, 2.75) is 11.8 Å². The highest BCUT2D eigenvalue weighted by Gasteiger charge is 2.26. The first-order valence-electron chi connectivity index (χ1n) is 6.71. The van der Waals surface area contributed by atoms with E-state index in [-0.39, 0.29) is 10.5 Å². The average Bonchev–Trinajstić information content (AvgIpc) is 2.54. The van der Waals surface area contributed by atoms with Crippen LogP contribution in [0.25, 0.3) is 0 Å². The average molecular weight is 350 g/mol.